The second-order valence-corrected chi connectivity index (χ2v) is 8.96. The summed E-state index contributed by atoms with van der Waals surface area (Å²) in [6.45, 7) is 5.46. The van der Waals surface area contributed by atoms with E-state index in [0.29, 0.717) is 5.69 Å². The van der Waals surface area contributed by atoms with Gasteiger partial charge in [0.25, 0.3) is 10.0 Å². The lowest BCUT2D eigenvalue weighted by Gasteiger charge is -2.25. The molecule has 1 amide bonds. The summed E-state index contributed by atoms with van der Waals surface area (Å²) in [5, 5.41) is 2.82. The summed E-state index contributed by atoms with van der Waals surface area (Å²) in [6.07, 6.45) is 0.773. The van der Waals surface area contributed by atoms with E-state index in [4.69, 9.17) is 0 Å². The van der Waals surface area contributed by atoms with Crippen LogP contribution in [0.4, 0.5) is 5.69 Å². The Morgan fingerprint density at radius 3 is 2.23 bits per heavy atom. The van der Waals surface area contributed by atoms with Crippen LogP contribution in [0, 0.1) is 6.92 Å². The Labute approximate surface area is 163 Å². The summed E-state index contributed by atoms with van der Waals surface area (Å²) in [7, 11) is -3.86. The fourth-order valence-corrected chi connectivity index (χ4v) is 4.00. The molecular formula is C19H23BrN2O3S. The van der Waals surface area contributed by atoms with Gasteiger partial charge in [0.15, 0.2) is 0 Å². The predicted octanol–water partition coefficient (Wildman–Crippen LogP) is 3.87. The molecule has 0 saturated carbocycles. The first-order chi connectivity index (χ1) is 12.2. The van der Waals surface area contributed by atoms with Gasteiger partial charge in [0.05, 0.1) is 10.6 Å². The number of rotatable bonds is 7. The number of carbonyl (C=O) groups excluding carboxylic acids is 1. The number of amides is 1. The normalized spacial score (nSPS) is 12.5. The monoisotopic (exact) mass is 438 g/mol. The molecule has 0 aromatic heterocycles. The van der Waals surface area contributed by atoms with E-state index in [1.807, 2.05) is 20.8 Å². The van der Waals surface area contributed by atoms with Gasteiger partial charge in [0, 0.05) is 10.5 Å². The Hall–Kier alpha value is -1.86. The Morgan fingerprint density at radius 1 is 1.12 bits per heavy atom. The molecule has 0 aliphatic heterocycles. The van der Waals surface area contributed by atoms with Crippen molar-refractivity contribution in [1.82, 2.24) is 5.32 Å². The number of hydrogen-bond donors (Lipinski definition) is 1. The standard InChI is InChI=1S/C19H23BrN2O3S/c1-4-15(3)21-19(23)13-22(17-9-7-16(20)8-10-17)26(24,25)18-11-5-14(2)6-12-18/h5-12,15H,4,13H2,1-3H3,(H,21,23)/t15-/m0/s1. The number of aryl methyl sites for hydroxylation is 1. The zero-order valence-electron chi connectivity index (χ0n) is 15.1. The van der Waals surface area contributed by atoms with Crippen molar-refractivity contribution in [3.63, 3.8) is 0 Å². The van der Waals surface area contributed by atoms with Crippen LogP contribution in [0.25, 0.3) is 0 Å². The second kappa shape index (κ2) is 8.68. The number of carbonyl (C=O) groups is 1. The highest BCUT2D eigenvalue weighted by Crippen LogP contribution is 2.25. The van der Waals surface area contributed by atoms with Crippen molar-refractivity contribution in [1.29, 1.82) is 0 Å². The molecule has 0 aliphatic carbocycles. The first-order valence-electron chi connectivity index (χ1n) is 8.38. The summed E-state index contributed by atoms with van der Waals surface area (Å²) in [5.74, 6) is -0.335. The van der Waals surface area contributed by atoms with Crippen molar-refractivity contribution in [2.45, 2.75) is 38.1 Å². The molecule has 1 N–H and O–H groups in total. The van der Waals surface area contributed by atoms with Gasteiger partial charge in [-0.2, -0.15) is 0 Å². The van der Waals surface area contributed by atoms with Gasteiger partial charge >= 0.3 is 0 Å². The van der Waals surface area contributed by atoms with E-state index in [2.05, 4.69) is 21.2 Å². The predicted molar refractivity (Wildman–Crippen MR) is 108 cm³/mol. The fraction of sp³-hybridized carbons (Fsp3) is 0.316. The lowest BCUT2D eigenvalue weighted by molar-refractivity contribution is -0.120. The average Bonchev–Trinajstić information content (AvgIpc) is 2.60. The number of sulfonamides is 1. The van der Waals surface area contributed by atoms with Crippen LogP contribution in [0.15, 0.2) is 57.9 Å². The van der Waals surface area contributed by atoms with Gasteiger partial charge < -0.3 is 5.32 Å². The minimum Gasteiger partial charge on any atom is -0.352 e. The highest BCUT2D eigenvalue weighted by molar-refractivity contribution is 9.10. The minimum absolute atomic E-state index is 0.0173. The molecule has 0 unspecified atom stereocenters. The van der Waals surface area contributed by atoms with Crippen LogP contribution in [0.3, 0.4) is 0 Å². The SMILES string of the molecule is CC[C@H](C)NC(=O)CN(c1ccc(Br)cc1)S(=O)(=O)c1ccc(C)cc1. The molecule has 0 aliphatic rings. The summed E-state index contributed by atoms with van der Waals surface area (Å²) in [6, 6.07) is 13.4. The Kier molecular flexibility index (Phi) is 6.83. The van der Waals surface area contributed by atoms with E-state index < -0.39 is 10.0 Å². The van der Waals surface area contributed by atoms with Crippen LogP contribution >= 0.6 is 15.9 Å². The lowest BCUT2D eigenvalue weighted by Crippen LogP contribution is -2.43. The summed E-state index contributed by atoms with van der Waals surface area (Å²) < 4.78 is 28.3. The maximum atomic E-state index is 13.2. The zero-order chi connectivity index (χ0) is 19.3. The van der Waals surface area contributed by atoms with E-state index in [-0.39, 0.29) is 23.4 Å². The molecule has 0 bridgehead atoms. The molecule has 26 heavy (non-hydrogen) atoms. The molecule has 2 aromatic carbocycles. The molecule has 2 aromatic rings. The van der Waals surface area contributed by atoms with E-state index >= 15 is 0 Å². The number of nitrogens with zero attached hydrogens (tertiary/aromatic N) is 1. The third-order valence-corrected chi connectivity index (χ3v) is 6.35. The molecular weight excluding hydrogens is 416 g/mol. The van der Waals surface area contributed by atoms with E-state index in [0.717, 1.165) is 20.8 Å². The van der Waals surface area contributed by atoms with E-state index in [1.54, 1.807) is 48.5 Å². The molecule has 0 heterocycles. The van der Waals surface area contributed by atoms with Crippen LogP contribution in [0.1, 0.15) is 25.8 Å². The fourth-order valence-electron chi connectivity index (χ4n) is 2.31. The highest BCUT2D eigenvalue weighted by atomic mass is 79.9. The number of hydrogen-bond acceptors (Lipinski definition) is 3. The van der Waals surface area contributed by atoms with Crippen molar-refractivity contribution in [2.24, 2.45) is 0 Å². The van der Waals surface area contributed by atoms with Gasteiger partial charge in [-0.3, -0.25) is 9.10 Å². The summed E-state index contributed by atoms with van der Waals surface area (Å²) in [4.78, 5) is 12.5. The lowest BCUT2D eigenvalue weighted by atomic mass is 10.2. The molecule has 0 fully saturated rings. The van der Waals surface area contributed by atoms with Crippen LogP contribution in [-0.4, -0.2) is 26.9 Å². The number of benzene rings is 2. The molecule has 7 heteroatoms. The van der Waals surface area contributed by atoms with Crippen molar-refractivity contribution in [3.05, 3.63) is 58.6 Å². The number of halogens is 1. The van der Waals surface area contributed by atoms with Crippen molar-refractivity contribution in [2.75, 3.05) is 10.8 Å². The van der Waals surface area contributed by atoms with Crippen LogP contribution in [0.2, 0.25) is 0 Å². The minimum atomic E-state index is -3.86. The quantitative estimate of drug-likeness (QED) is 0.713. The average molecular weight is 439 g/mol. The molecule has 5 nitrogen and oxygen atoms in total. The Morgan fingerprint density at radius 2 is 1.69 bits per heavy atom. The third-order valence-electron chi connectivity index (χ3n) is 4.03. The van der Waals surface area contributed by atoms with Gasteiger partial charge in [-0.25, -0.2) is 8.42 Å². The first kappa shape index (κ1) is 20.5. The molecule has 1 atom stereocenters. The largest absolute Gasteiger partial charge is 0.352 e. The maximum absolute atomic E-state index is 13.2. The molecule has 0 spiro atoms. The van der Waals surface area contributed by atoms with Gasteiger partial charge in [-0.05, 0) is 56.7 Å². The first-order valence-corrected chi connectivity index (χ1v) is 10.6. The van der Waals surface area contributed by atoms with Gasteiger partial charge in [0.2, 0.25) is 5.91 Å². The molecule has 2 rings (SSSR count). The summed E-state index contributed by atoms with van der Waals surface area (Å²) >= 11 is 3.34. The molecule has 0 saturated heterocycles. The number of anilines is 1. The Balaban J connectivity index is 2.40. The van der Waals surface area contributed by atoms with Crippen molar-refractivity contribution in [3.8, 4) is 0 Å². The van der Waals surface area contributed by atoms with Crippen LogP contribution < -0.4 is 9.62 Å². The van der Waals surface area contributed by atoms with Crippen LogP contribution in [0.5, 0.6) is 0 Å². The van der Waals surface area contributed by atoms with Crippen molar-refractivity contribution >= 4 is 37.5 Å². The third kappa shape index (κ3) is 5.08. The van der Waals surface area contributed by atoms with Gasteiger partial charge in [0.1, 0.15) is 6.54 Å². The van der Waals surface area contributed by atoms with Crippen molar-refractivity contribution < 1.29 is 13.2 Å². The topological polar surface area (TPSA) is 66.5 Å². The number of nitrogens with one attached hydrogen (secondary N) is 1. The second-order valence-electron chi connectivity index (χ2n) is 6.18. The van der Waals surface area contributed by atoms with Crippen LogP contribution in [-0.2, 0) is 14.8 Å². The Bertz CT molecular complexity index is 849. The molecule has 140 valence electrons. The van der Waals surface area contributed by atoms with Gasteiger partial charge in [-0.1, -0.05) is 40.5 Å². The smallest absolute Gasteiger partial charge is 0.264 e. The highest BCUT2D eigenvalue weighted by Gasteiger charge is 2.27. The summed E-state index contributed by atoms with van der Waals surface area (Å²) in [5.41, 5.74) is 1.40. The molecule has 0 radical (unpaired) electrons. The zero-order valence-corrected chi connectivity index (χ0v) is 17.5. The van der Waals surface area contributed by atoms with Gasteiger partial charge in [-0.15, -0.1) is 0 Å². The van der Waals surface area contributed by atoms with E-state index in [1.165, 1.54) is 0 Å². The maximum Gasteiger partial charge on any atom is 0.264 e. The van der Waals surface area contributed by atoms with E-state index in [9.17, 15) is 13.2 Å².